The molecule has 1 aliphatic heterocycles. The molecule has 0 amide bonds. The maximum Gasteiger partial charge on any atom is 0.183 e. The number of ketones is 1. The van der Waals surface area contributed by atoms with E-state index in [4.69, 9.17) is 5.73 Å². The fourth-order valence-corrected chi connectivity index (χ4v) is 2.80. The first-order valence-corrected chi connectivity index (χ1v) is 8.09. The number of nitrogens with zero attached hydrogens (tertiary/aromatic N) is 3. The topological polar surface area (TPSA) is 82.5 Å². The average molecular weight is 330 g/mol. The van der Waals surface area contributed by atoms with Crippen molar-refractivity contribution >= 4 is 22.8 Å². The summed E-state index contributed by atoms with van der Waals surface area (Å²) in [5.74, 6) is -0.126. The van der Waals surface area contributed by atoms with Crippen LogP contribution in [0.1, 0.15) is 18.9 Å². The molecule has 1 atom stereocenters. The summed E-state index contributed by atoms with van der Waals surface area (Å²) >= 11 is 0. The lowest BCUT2D eigenvalue weighted by Crippen LogP contribution is -2.45. The number of para-hydroxylation sites is 1. The van der Waals surface area contributed by atoms with Crippen LogP contribution in [0.25, 0.3) is 5.57 Å². The molecule has 0 spiro atoms. The van der Waals surface area contributed by atoms with Gasteiger partial charge in [-0.3, -0.25) is 4.79 Å². The smallest absolute Gasteiger partial charge is 0.183 e. The Morgan fingerprint density at radius 2 is 1.76 bits per heavy atom. The van der Waals surface area contributed by atoms with Gasteiger partial charge in [-0.25, -0.2) is 5.01 Å². The van der Waals surface area contributed by atoms with Crippen LogP contribution in [-0.2, 0) is 4.79 Å². The van der Waals surface area contributed by atoms with Gasteiger partial charge < -0.3 is 5.73 Å². The van der Waals surface area contributed by atoms with Gasteiger partial charge in [0, 0.05) is 12.0 Å². The molecule has 0 bridgehead atoms. The van der Waals surface area contributed by atoms with E-state index in [2.05, 4.69) is 11.2 Å². The van der Waals surface area contributed by atoms with Crippen LogP contribution in [-0.4, -0.2) is 17.7 Å². The van der Waals surface area contributed by atoms with Crippen molar-refractivity contribution in [3.63, 3.8) is 0 Å². The van der Waals surface area contributed by atoms with Crippen LogP contribution in [0.4, 0.5) is 5.69 Å². The van der Waals surface area contributed by atoms with Crippen molar-refractivity contribution in [2.75, 3.05) is 5.01 Å². The number of rotatable bonds is 4. The van der Waals surface area contributed by atoms with E-state index in [9.17, 15) is 10.1 Å². The van der Waals surface area contributed by atoms with E-state index in [1.54, 1.807) is 6.92 Å². The van der Waals surface area contributed by atoms with Gasteiger partial charge in [-0.15, -0.1) is 0 Å². The highest BCUT2D eigenvalue weighted by Gasteiger charge is 2.33. The fraction of sp³-hybridized carbons (Fsp3) is 0.150. The van der Waals surface area contributed by atoms with Crippen LogP contribution in [0, 0.1) is 11.3 Å². The van der Waals surface area contributed by atoms with Crippen LogP contribution in [0.15, 0.2) is 71.3 Å². The van der Waals surface area contributed by atoms with E-state index >= 15 is 0 Å². The number of carbonyl (C=O) groups is 1. The molecule has 1 aliphatic rings. The Balaban J connectivity index is 2.21. The molecule has 0 saturated heterocycles. The molecule has 2 N–H and O–H groups in total. The van der Waals surface area contributed by atoms with E-state index < -0.39 is 6.17 Å². The second kappa shape index (κ2) is 7.12. The minimum absolute atomic E-state index is 0.126. The molecule has 124 valence electrons. The van der Waals surface area contributed by atoms with Crippen molar-refractivity contribution < 1.29 is 4.79 Å². The number of hydrazone groups is 1. The number of nitriles is 1. The van der Waals surface area contributed by atoms with Crippen LogP contribution in [0.5, 0.6) is 0 Å². The summed E-state index contributed by atoms with van der Waals surface area (Å²) in [6, 6.07) is 20.8. The van der Waals surface area contributed by atoms with Gasteiger partial charge in [0.2, 0.25) is 0 Å². The normalized spacial score (nSPS) is 17.1. The van der Waals surface area contributed by atoms with Crippen molar-refractivity contribution in [1.82, 2.24) is 0 Å². The zero-order valence-corrected chi connectivity index (χ0v) is 13.9. The van der Waals surface area contributed by atoms with Gasteiger partial charge in [-0.05, 0) is 17.7 Å². The second-order valence-electron chi connectivity index (χ2n) is 5.62. The summed E-state index contributed by atoms with van der Waals surface area (Å²) in [6.45, 7) is 1.78. The first-order chi connectivity index (χ1) is 12.2. The first kappa shape index (κ1) is 16.6. The van der Waals surface area contributed by atoms with Gasteiger partial charge in [0.25, 0.3) is 0 Å². The van der Waals surface area contributed by atoms with Crippen molar-refractivity contribution in [3.05, 3.63) is 71.8 Å². The third-order valence-electron chi connectivity index (χ3n) is 4.06. The van der Waals surface area contributed by atoms with Gasteiger partial charge in [0.15, 0.2) is 5.78 Å². The lowest BCUT2D eigenvalue weighted by molar-refractivity contribution is -0.112. The summed E-state index contributed by atoms with van der Waals surface area (Å²) in [4.78, 5) is 12.6. The monoisotopic (exact) mass is 330 g/mol. The zero-order valence-electron chi connectivity index (χ0n) is 13.9. The summed E-state index contributed by atoms with van der Waals surface area (Å²) in [7, 11) is 0. The van der Waals surface area contributed by atoms with E-state index in [1.165, 1.54) is 5.01 Å². The third-order valence-corrected chi connectivity index (χ3v) is 4.06. The van der Waals surface area contributed by atoms with E-state index in [-0.39, 0.29) is 11.5 Å². The highest BCUT2D eigenvalue weighted by atomic mass is 16.1. The summed E-state index contributed by atoms with van der Waals surface area (Å²) in [5, 5.41) is 15.8. The van der Waals surface area contributed by atoms with Crippen molar-refractivity contribution in [3.8, 4) is 6.07 Å². The van der Waals surface area contributed by atoms with Crippen LogP contribution in [0.3, 0.4) is 0 Å². The minimum Gasteiger partial charge on any atom is -0.305 e. The molecule has 0 radical (unpaired) electrons. The van der Waals surface area contributed by atoms with Crippen molar-refractivity contribution in [1.29, 1.82) is 5.26 Å². The maximum atomic E-state index is 12.6. The highest BCUT2D eigenvalue weighted by molar-refractivity contribution is 6.57. The molecule has 5 nitrogen and oxygen atoms in total. The maximum absolute atomic E-state index is 12.6. The Kier molecular flexibility index (Phi) is 4.73. The Hall–Kier alpha value is -3.23. The molecule has 0 unspecified atom stereocenters. The number of hydrogen-bond acceptors (Lipinski definition) is 5. The molecule has 3 rings (SSSR count). The molecule has 5 heteroatoms. The number of anilines is 1. The molecule has 0 aromatic heterocycles. The van der Waals surface area contributed by atoms with Gasteiger partial charge >= 0.3 is 0 Å². The Morgan fingerprint density at radius 1 is 1.16 bits per heavy atom. The predicted octanol–water partition coefficient (Wildman–Crippen LogP) is 3.10. The van der Waals surface area contributed by atoms with Gasteiger partial charge in [0.1, 0.15) is 11.9 Å². The molecule has 0 saturated carbocycles. The average Bonchev–Trinajstić information content (AvgIpc) is 2.68. The number of hydrogen-bond donors (Lipinski definition) is 1. The molecule has 0 fully saturated rings. The zero-order chi connectivity index (χ0) is 17.8. The Bertz CT molecular complexity index is 879. The van der Waals surface area contributed by atoms with E-state index in [1.807, 2.05) is 60.7 Å². The molecule has 2 aromatic carbocycles. The number of nitrogens with two attached hydrogens (primary N) is 1. The lowest BCUT2D eigenvalue weighted by atomic mass is 9.90. The molecule has 0 aliphatic carbocycles. The number of benzene rings is 2. The molecular weight excluding hydrogens is 312 g/mol. The second-order valence-corrected chi connectivity index (χ2v) is 5.62. The SMILES string of the molecule is CCC(=O)C1=NN(c2ccccc2)[C@H](N)C(C#N)=C1c1ccccc1. The minimum atomic E-state index is -0.754. The van der Waals surface area contributed by atoms with Gasteiger partial charge in [-0.1, -0.05) is 55.5 Å². The predicted molar refractivity (Wildman–Crippen MR) is 98.6 cm³/mol. The third kappa shape index (κ3) is 3.08. The summed E-state index contributed by atoms with van der Waals surface area (Å²) in [5.41, 5.74) is 8.96. The lowest BCUT2D eigenvalue weighted by Gasteiger charge is -2.32. The molecule has 25 heavy (non-hydrogen) atoms. The van der Waals surface area contributed by atoms with Crippen LogP contribution < -0.4 is 10.7 Å². The Labute approximate surface area is 146 Å². The number of allylic oxidation sites excluding steroid dienone is 1. The highest BCUT2D eigenvalue weighted by Crippen LogP contribution is 2.31. The van der Waals surface area contributed by atoms with E-state index in [0.717, 1.165) is 11.3 Å². The largest absolute Gasteiger partial charge is 0.305 e. The van der Waals surface area contributed by atoms with Crippen LogP contribution >= 0.6 is 0 Å². The molecule has 1 heterocycles. The first-order valence-electron chi connectivity index (χ1n) is 8.09. The fourth-order valence-electron chi connectivity index (χ4n) is 2.80. The van der Waals surface area contributed by atoms with Gasteiger partial charge in [0.05, 0.1) is 17.3 Å². The number of carbonyl (C=O) groups excluding carboxylic acids is 1. The number of Topliss-reactive ketones (excluding diaryl/α,β-unsaturated/α-hetero) is 1. The summed E-state index contributed by atoms with van der Waals surface area (Å²) < 4.78 is 0. The Morgan fingerprint density at radius 3 is 2.32 bits per heavy atom. The summed E-state index contributed by atoms with van der Waals surface area (Å²) in [6.07, 6.45) is -0.456. The van der Waals surface area contributed by atoms with E-state index in [0.29, 0.717) is 17.6 Å². The quantitative estimate of drug-likeness (QED) is 0.934. The standard InChI is InChI=1S/C20H18N4O/c1-2-17(25)19-18(14-9-5-3-6-10-14)16(13-21)20(22)24(23-19)15-11-7-4-8-12-15/h3-12,20H,2,22H2,1H3/t20-/m0/s1. The van der Waals surface area contributed by atoms with Crippen molar-refractivity contribution in [2.24, 2.45) is 10.8 Å². The van der Waals surface area contributed by atoms with Gasteiger partial charge in [-0.2, -0.15) is 10.4 Å². The molecular formula is C20H18N4O. The van der Waals surface area contributed by atoms with Crippen LogP contribution in [0.2, 0.25) is 0 Å². The molecule has 2 aromatic rings. The van der Waals surface area contributed by atoms with Crippen molar-refractivity contribution in [2.45, 2.75) is 19.5 Å².